The Morgan fingerprint density at radius 2 is 1.56 bits per heavy atom. The molecule has 3 aromatic rings. The van der Waals surface area contributed by atoms with Gasteiger partial charge in [-0.3, -0.25) is 14.4 Å². The number of nitrogens with zero attached hydrogens (tertiary/aromatic N) is 2. The number of imidazole rings is 1. The highest BCUT2D eigenvalue weighted by atomic mass is 35.5. The quantitative estimate of drug-likeness (QED) is 0.535. The Morgan fingerprint density at radius 3 is 2.06 bits per heavy atom. The Labute approximate surface area is 188 Å². The van der Waals surface area contributed by atoms with E-state index in [1.807, 2.05) is 20.8 Å². The third kappa shape index (κ3) is 4.94. The predicted octanol–water partition coefficient (Wildman–Crippen LogP) is 4.03. The Morgan fingerprint density at radius 1 is 1.00 bits per heavy atom. The second kappa shape index (κ2) is 8.80. The normalized spacial score (nSPS) is 11.2. The van der Waals surface area contributed by atoms with Crippen molar-refractivity contribution in [3.8, 4) is 0 Å². The molecular formula is C22H21ClFN5O3. The van der Waals surface area contributed by atoms with Gasteiger partial charge in [0, 0.05) is 16.9 Å². The number of nitrogens with one attached hydrogen (secondary N) is 2. The molecule has 0 saturated heterocycles. The maximum atomic E-state index is 13.2. The van der Waals surface area contributed by atoms with Crippen molar-refractivity contribution in [3.63, 3.8) is 0 Å². The van der Waals surface area contributed by atoms with E-state index in [9.17, 15) is 18.8 Å². The highest BCUT2D eigenvalue weighted by molar-refractivity contribution is 6.34. The summed E-state index contributed by atoms with van der Waals surface area (Å²) in [6.07, 6.45) is 1.40. The molecule has 2 aromatic carbocycles. The molecule has 0 aliphatic heterocycles. The smallest absolute Gasteiger partial charge is 0.276 e. The standard InChI is InChI=1S/C22H21ClFN5O3/c1-22(2,3)29-11-26-17(18(29)19(25)30)21(32)28-14-7-5-13(6-8-14)27-20(31)15-9-4-12(24)10-16(15)23/h4-11H,1-3H3,(H2,25,30)(H,27,31)(H,28,32). The lowest BCUT2D eigenvalue weighted by atomic mass is 10.1. The number of amides is 3. The van der Waals surface area contributed by atoms with Gasteiger partial charge in [0.2, 0.25) is 0 Å². The molecule has 1 heterocycles. The van der Waals surface area contributed by atoms with Crippen LogP contribution >= 0.6 is 11.6 Å². The van der Waals surface area contributed by atoms with Crippen LogP contribution in [0.15, 0.2) is 48.8 Å². The number of primary amides is 1. The average Bonchev–Trinajstić information content (AvgIpc) is 3.15. The van der Waals surface area contributed by atoms with Gasteiger partial charge in [0.05, 0.1) is 16.9 Å². The fraction of sp³-hybridized carbons (Fsp3) is 0.182. The summed E-state index contributed by atoms with van der Waals surface area (Å²) in [5.74, 6) is -2.42. The third-order valence-corrected chi connectivity index (χ3v) is 4.83. The van der Waals surface area contributed by atoms with E-state index >= 15 is 0 Å². The number of halogens is 2. The third-order valence-electron chi connectivity index (χ3n) is 4.52. The van der Waals surface area contributed by atoms with Crippen molar-refractivity contribution in [2.45, 2.75) is 26.3 Å². The minimum Gasteiger partial charge on any atom is -0.364 e. The van der Waals surface area contributed by atoms with Gasteiger partial charge in [-0.1, -0.05) is 11.6 Å². The molecule has 0 atom stereocenters. The number of benzene rings is 2. The minimum atomic E-state index is -0.764. The molecule has 166 valence electrons. The van der Waals surface area contributed by atoms with Gasteiger partial charge in [-0.25, -0.2) is 9.37 Å². The summed E-state index contributed by atoms with van der Waals surface area (Å²) in [5.41, 5.74) is 5.86. The van der Waals surface area contributed by atoms with Gasteiger partial charge in [-0.05, 0) is 63.2 Å². The molecule has 0 aliphatic rings. The van der Waals surface area contributed by atoms with Gasteiger partial charge in [-0.15, -0.1) is 0 Å². The lowest BCUT2D eigenvalue weighted by molar-refractivity contribution is 0.0963. The molecule has 0 radical (unpaired) electrons. The van der Waals surface area contributed by atoms with E-state index in [1.165, 1.54) is 12.4 Å². The second-order valence-electron chi connectivity index (χ2n) is 7.96. The molecule has 0 saturated carbocycles. The zero-order valence-corrected chi connectivity index (χ0v) is 18.3. The van der Waals surface area contributed by atoms with Crippen LogP contribution in [0, 0.1) is 5.82 Å². The monoisotopic (exact) mass is 457 g/mol. The van der Waals surface area contributed by atoms with E-state index in [0.717, 1.165) is 12.1 Å². The van der Waals surface area contributed by atoms with Crippen LogP contribution in [0.2, 0.25) is 5.02 Å². The van der Waals surface area contributed by atoms with Crippen molar-refractivity contribution in [1.82, 2.24) is 9.55 Å². The number of hydrogen-bond acceptors (Lipinski definition) is 4. The predicted molar refractivity (Wildman–Crippen MR) is 119 cm³/mol. The first kappa shape index (κ1) is 23.0. The van der Waals surface area contributed by atoms with Crippen molar-refractivity contribution in [3.05, 3.63) is 76.6 Å². The molecule has 4 N–H and O–H groups in total. The Hall–Kier alpha value is -3.72. The summed E-state index contributed by atoms with van der Waals surface area (Å²) in [6.45, 7) is 5.57. The first-order valence-electron chi connectivity index (χ1n) is 9.53. The van der Waals surface area contributed by atoms with Crippen molar-refractivity contribution in [2.24, 2.45) is 5.73 Å². The summed E-state index contributed by atoms with van der Waals surface area (Å²) in [5, 5.41) is 5.28. The fourth-order valence-electron chi connectivity index (χ4n) is 2.96. The first-order chi connectivity index (χ1) is 15.0. The molecule has 0 spiro atoms. The maximum absolute atomic E-state index is 13.2. The molecule has 3 amide bonds. The summed E-state index contributed by atoms with van der Waals surface area (Å²) in [6, 6.07) is 9.72. The van der Waals surface area contributed by atoms with Crippen LogP contribution in [0.1, 0.15) is 52.1 Å². The minimum absolute atomic E-state index is 0.00803. The van der Waals surface area contributed by atoms with E-state index in [0.29, 0.717) is 11.4 Å². The maximum Gasteiger partial charge on any atom is 0.276 e. The Balaban J connectivity index is 1.74. The fourth-order valence-corrected chi connectivity index (χ4v) is 3.21. The van der Waals surface area contributed by atoms with Crippen LogP contribution in [0.25, 0.3) is 0 Å². The van der Waals surface area contributed by atoms with Crippen LogP contribution < -0.4 is 16.4 Å². The Kier molecular flexibility index (Phi) is 6.31. The van der Waals surface area contributed by atoms with Crippen LogP contribution in [0.5, 0.6) is 0 Å². The largest absolute Gasteiger partial charge is 0.364 e. The summed E-state index contributed by atoms with van der Waals surface area (Å²) in [4.78, 5) is 41.0. The number of anilines is 2. The molecule has 10 heteroatoms. The highest BCUT2D eigenvalue weighted by Crippen LogP contribution is 2.22. The van der Waals surface area contributed by atoms with Crippen LogP contribution in [-0.2, 0) is 5.54 Å². The highest BCUT2D eigenvalue weighted by Gasteiger charge is 2.27. The Bertz CT molecular complexity index is 1200. The van der Waals surface area contributed by atoms with Crippen molar-refractivity contribution < 1.29 is 18.8 Å². The topological polar surface area (TPSA) is 119 Å². The lowest BCUT2D eigenvalue weighted by Gasteiger charge is -2.22. The number of aromatic nitrogens is 2. The zero-order chi connectivity index (χ0) is 23.6. The number of nitrogens with two attached hydrogens (primary N) is 1. The molecule has 32 heavy (non-hydrogen) atoms. The van der Waals surface area contributed by atoms with Crippen molar-refractivity contribution in [1.29, 1.82) is 0 Å². The van der Waals surface area contributed by atoms with Gasteiger partial charge in [0.15, 0.2) is 5.69 Å². The molecular weight excluding hydrogens is 437 g/mol. The van der Waals surface area contributed by atoms with E-state index in [1.54, 1.807) is 28.8 Å². The second-order valence-corrected chi connectivity index (χ2v) is 8.36. The molecule has 0 unspecified atom stereocenters. The van der Waals surface area contributed by atoms with Crippen LogP contribution in [0.3, 0.4) is 0 Å². The molecule has 0 aliphatic carbocycles. The van der Waals surface area contributed by atoms with E-state index in [-0.39, 0.29) is 22.0 Å². The van der Waals surface area contributed by atoms with Crippen LogP contribution in [-0.4, -0.2) is 27.3 Å². The molecule has 8 nitrogen and oxygen atoms in total. The van der Waals surface area contributed by atoms with Gasteiger partial charge >= 0.3 is 0 Å². The van der Waals surface area contributed by atoms with Crippen molar-refractivity contribution >= 4 is 40.7 Å². The molecule has 0 bridgehead atoms. The molecule has 1 aromatic heterocycles. The van der Waals surface area contributed by atoms with Gasteiger partial charge < -0.3 is 20.9 Å². The summed E-state index contributed by atoms with van der Waals surface area (Å²) >= 11 is 5.91. The lowest BCUT2D eigenvalue weighted by Crippen LogP contribution is -2.30. The molecule has 0 fully saturated rings. The number of carbonyl (C=O) groups is 3. The van der Waals surface area contributed by atoms with Gasteiger partial charge in [-0.2, -0.15) is 0 Å². The number of hydrogen-bond donors (Lipinski definition) is 3. The molecule has 3 rings (SSSR count). The summed E-state index contributed by atoms with van der Waals surface area (Å²) < 4.78 is 14.7. The van der Waals surface area contributed by atoms with E-state index < -0.39 is 29.1 Å². The van der Waals surface area contributed by atoms with Gasteiger partial charge in [0.25, 0.3) is 17.7 Å². The number of rotatable bonds is 5. The zero-order valence-electron chi connectivity index (χ0n) is 17.6. The SMILES string of the molecule is CC(C)(C)n1cnc(C(=O)Nc2ccc(NC(=O)c3ccc(F)cc3Cl)cc2)c1C(N)=O. The van der Waals surface area contributed by atoms with Crippen molar-refractivity contribution in [2.75, 3.05) is 10.6 Å². The van der Waals surface area contributed by atoms with E-state index in [4.69, 9.17) is 17.3 Å². The van der Waals surface area contributed by atoms with Gasteiger partial charge in [0.1, 0.15) is 11.5 Å². The number of carbonyl (C=O) groups excluding carboxylic acids is 3. The first-order valence-corrected chi connectivity index (χ1v) is 9.90. The van der Waals surface area contributed by atoms with Crippen LogP contribution in [0.4, 0.5) is 15.8 Å². The average molecular weight is 458 g/mol. The van der Waals surface area contributed by atoms with E-state index in [2.05, 4.69) is 15.6 Å². The summed E-state index contributed by atoms with van der Waals surface area (Å²) in [7, 11) is 0.